The predicted molar refractivity (Wildman–Crippen MR) is 72.2 cm³/mol. The van der Waals surface area contributed by atoms with Crippen LogP contribution in [-0.2, 0) is 13.5 Å². The lowest BCUT2D eigenvalue weighted by Gasteiger charge is -2.16. The van der Waals surface area contributed by atoms with Crippen LogP contribution in [0.5, 0.6) is 0 Å². The number of rotatable bonds is 6. The number of aromatic nitrogens is 3. The monoisotopic (exact) mass is 244 g/mol. The number of pyridine rings is 1. The van der Waals surface area contributed by atoms with E-state index in [0.29, 0.717) is 0 Å². The third-order valence-corrected chi connectivity index (χ3v) is 2.91. The van der Waals surface area contributed by atoms with Gasteiger partial charge in [-0.3, -0.25) is 9.67 Å². The molecule has 0 aliphatic heterocycles. The third kappa shape index (κ3) is 3.40. The van der Waals surface area contributed by atoms with Crippen LogP contribution < -0.4 is 5.32 Å². The van der Waals surface area contributed by atoms with Gasteiger partial charge in [0.1, 0.15) is 0 Å². The summed E-state index contributed by atoms with van der Waals surface area (Å²) in [6.07, 6.45) is 7.85. The minimum absolute atomic E-state index is 0.286. The van der Waals surface area contributed by atoms with Gasteiger partial charge in [-0.1, -0.05) is 13.0 Å². The van der Waals surface area contributed by atoms with Gasteiger partial charge in [0.25, 0.3) is 0 Å². The van der Waals surface area contributed by atoms with Crippen LogP contribution in [0.3, 0.4) is 0 Å². The Balaban J connectivity index is 2.10. The molecular weight excluding hydrogens is 224 g/mol. The quantitative estimate of drug-likeness (QED) is 0.846. The Morgan fingerprint density at radius 3 is 2.89 bits per heavy atom. The topological polar surface area (TPSA) is 42.7 Å². The maximum atomic E-state index is 4.39. The summed E-state index contributed by atoms with van der Waals surface area (Å²) >= 11 is 0. The molecule has 0 bridgehead atoms. The zero-order valence-corrected chi connectivity index (χ0v) is 11.0. The van der Waals surface area contributed by atoms with E-state index >= 15 is 0 Å². The minimum atomic E-state index is 0.286. The van der Waals surface area contributed by atoms with E-state index in [1.807, 2.05) is 36.3 Å². The predicted octanol–water partition coefficient (Wildman–Crippen LogP) is 2.10. The van der Waals surface area contributed by atoms with Crippen molar-refractivity contribution in [2.24, 2.45) is 7.05 Å². The Hall–Kier alpha value is -1.68. The molecule has 0 spiro atoms. The first-order valence-corrected chi connectivity index (χ1v) is 6.41. The normalized spacial score (nSPS) is 12.6. The van der Waals surface area contributed by atoms with Crippen molar-refractivity contribution in [3.05, 3.63) is 48.0 Å². The van der Waals surface area contributed by atoms with E-state index < -0.39 is 0 Å². The fourth-order valence-electron chi connectivity index (χ4n) is 1.97. The van der Waals surface area contributed by atoms with Crippen LogP contribution in [-0.4, -0.2) is 21.3 Å². The number of aryl methyl sites for hydroxylation is 1. The molecule has 0 amide bonds. The van der Waals surface area contributed by atoms with Crippen molar-refractivity contribution in [3.8, 4) is 0 Å². The highest BCUT2D eigenvalue weighted by atomic mass is 15.2. The molecule has 0 saturated carbocycles. The van der Waals surface area contributed by atoms with E-state index in [0.717, 1.165) is 25.1 Å². The molecule has 0 aliphatic rings. The highest BCUT2D eigenvalue weighted by molar-refractivity contribution is 5.15. The molecule has 18 heavy (non-hydrogen) atoms. The van der Waals surface area contributed by atoms with Crippen LogP contribution in [0, 0.1) is 0 Å². The van der Waals surface area contributed by atoms with Crippen LogP contribution in [0.15, 0.2) is 36.8 Å². The smallest absolute Gasteiger partial charge is 0.0537 e. The van der Waals surface area contributed by atoms with Crippen molar-refractivity contribution in [1.29, 1.82) is 0 Å². The van der Waals surface area contributed by atoms with Crippen LogP contribution in [0.2, 0.25) is 0 Å². The van der Waals surface area contributed by atoms with Gasteiger partial charge in [0.05, 0.1) is 6.20 Å². The van der Waals surface area contributed by atoms with Gasteiger partial charge in [-0.05, 0) is 25.1 Å². The standard InChI is InChI=1S/C14H20N4/c1-3-7-16-14(12-10-17-18(2)11-12)9-13-6-4-5-8-15-13/h4-6,8,10-11,14,16H,3,7,9H2,1-2H3. The maximum Gasteiger partial charge on any atom is 0.0537 e. The van der Waals surface area contributed by atoms with Crippen molar-refractivity contribution in [2.45, 2.75) is 25.8 Å². The number of hydrogen-bond donors (Lipinski definition) is 1. The maximum absolute atomic E-state index is 4.39. The van der Waals surface area contributed by atoms with Crippen molar-refractivity contribution >= 4 is 0 Å². The summed E-state index contributed by atoms with van der Waals surface area (Å²) < 4.78 is 1.84. The van der Waals surface area contributed by atoms with Gasteiger partial charge in [-0.25, -0.2) is 0 Å². The van der Waals surface area contributed by atoms with Gasteiger partial charge in [-0.2, -0.15) is 5.10 Å². The molecule has 0 aromatic carbocycles. The molecule has 2 rings (SSSR count). The van der Waals surface area contributed by atoms with Crippen molar-refractivity contribution in [2.75, 3.05) is 6.54 Å². The lowest BCUT2D eigenvalue weighted by atomic mass is 10.0. The first-order valence-electron chi connectivity index (χ1n) is 6.41. The largest absolute Gasteiger partial charge is 0.310 e. The van der Waals surface area contributed by atoms with E-state index in [9.17, 15) is 0 Å². The molecule has 96 valence electrons. The molecule has 4 heteroatoms. The zero-order chi connectivity index (χ0) is 12.8. The Bertz CT molecular complexity index is 464. The molecule has 0 radical (unpaired) electrons. The van der Waals surface area contributed by atoms with Crippen LogP contribution in [0.1, 0.15) is 30.6 Å². The average Bonchev–Trinajstić information content (AvgIpc) is 2.82. The fraction of sp³-hybridized carbons (Fsp3) is 0.429. The van der Waals surface area contributed by atoms with E-state index in [1.165, 1.54) is 5.56 Å². The van der Waals surface area contributed by atoms with Crippen molar-refractivity contribution < 1.29 is 0 Å². The molecular formula is C14H20N4. The Labute approximate surface area is 108 Å². The molecule has 0 aliphatic carbocycles. The van der Waals surface area contributed by atoms with E-state index in [2.05, 4.69) is 34.6 Å². The van der Waals surface area contributed by atoms with Gasteiger partial charge < -0.3 is 5.32 Å². The number of nitrogens with zero attached hydrogens (tertiary/aromatic N) is 3. The third-order valence-electron chi connectivity index (χ3n) is 2.91. The highest BCUT2D eigenvalue weighted by Crippen LogP contribution is 2.16. The molecule has 4 nitrogen and oxygen atoms in total. The second kappa shape index (κ2) is 6.31. The molecule has 2 heterocycles. The van der Waals surface area contributed by atoms with Gasteiger partial charge in [0.2, 0.25) is 0 Å². The Morgan fingerprint density at radius 1 is 1.39 bits per heavy atom. The van der Waals surface area contributed by atoms with Crippen molar-refractivity contribution in [3.63, 3.8) is 0 Å². The van der Waals surface area contributed by atoms with Crippen molar-refractivity contribution in [1.82, 2.24) is 20.1 Å². The van der Waals surface area contributed by atoms with Gasteiger partial charge >= 0.3 is 0 Å². The molecule has 0 fully saturated rings. The van der Waals surface area contributed by atoms with E-state index in [1.54, 1.807) is 0 Å². The van der Waals surface area contributed by atoms with Gasteiger partial charge in [0, 0.05) is 43.2 Å². The lowest BCUT2D eigenvalue weighted by Crippen LogP contribution is -2.24. The molecule has 2 aromatic heterocycles. The number of nitrogens with one attached hydrogen (secondary N) is 1. The van der Waals surface area contributed by atoms with Crippen LogP contribution in [0.25, 0.3) is 0 Å². The first kappa shape index (κ1) is 12.8. The highest BCUT2D eigenvalue weighted by Gasteiger charge is 2.13. The summed E-state index contributed by atoms with van der Waals surface area (Å²) in [6, 6.07) is 6.33. The second-order valence-electron chi connectivity index (χ2n) is 4.48. The summed E-state index contributed by atoms with van der Waals surface area (Å²) in [6.45, 7) is 3.18. The zero-order valence-electron chi connectivity index (χ0n) is 11.0. The number of hydrogen-bond acceptors (Lipinski definition) is 3. The lowest BCUT2D eigenvalue weighted by molar-refractivity contribution is 0.524. The average molecular weight is 244 g/mol. The SMILES string of the molecule is CCCNC(Cc1ccccn1)c1cnn(C)c1. The summed E-state index contributed by atoms with van der Waals surface area (Å²) in [5.74, 6) is 0. The molecule has 1 N–H and O–H groups in total. The molecule has 0 saturated heterocycles. The molecule has 1 unspecified atom stereocenters. The van der Waals surface area contributed by atoms with Crippen LogP contribution >= 0.6 is 0 Å². The van der Waals surface area contributed by atoms with E-state index in [4.69, 9.17) is 0 Å². The Kier molecular flexibility index (Phi) is 4.47. The van der Waals surface area contributed by atoms with E-state index in [-0.39, 0.29) is 6.04 Å². The fourth-order valence-corrected chi connectivity index (χ4v) is 1.97. The first-order chi connectivity index (χ1) is 8.79. The summed E-state index contributed by atoms with van der Waals surface area (Å²) in [5.41, 5.74) is 2.33. The second-order valence-corrected chi connectivity index (χ2v) is 4.48. The summed E-state index contributed by atoms with van der Waals surface area (Å²) in [7, 11) is 1.95. The molecule has 1 atom stereocenters. The molecule has 2 aromatic rings. The van der Waals surface area contributed by atoms with Gasteiger partial charge in [0.15, 0.2) is 0 Å². The minimum Gasteiger partial charge on any atom is -0.310 e. The Morgan fingerprint density at radius 2 is 2.28 bits per heavy atom. The summed E-state index contributed by atoms with van der Waals surface area (Å²) in [5, 5.41) is 7.80. The van der Waals surface area contributed by atoms with Crippen LogP contribution in [0.4, 0.5) is 0 Å². The summed E-state index contributed by atoms with van der Waals surface area (Å²) in [4.78, 5) is 4.39. The van der Waals surface area contributed by atoms with Gasteiger partial charge in [-0.15, -0.1) is 0 Å².